The van der Waals surface area contributed by atoms with Crippen molar-refractivity contribution in [3.63, 3.8) is 0 Å². The summed E-state index contributed by atoms with van der Waals surface area (Å²) in [6.45, 7) is 9.46. The summed E-state index contributed by atoms with van der Waals surface area (Å²) >= 11 is 0. The minimum absolute atomic E-state index is 0.00318. The van der Waals surface area contributed by atoms with Crippen LogP contribution in [0.4, 0.5) is 11.4 Å². The Hall–Kier alpha value is -3.31. The summed E-state index contributed by atoms with van der Waals surface area (Å²) in [4.78, 5) is 16.3. The number of nitrogens with one attached hydrogen (secondary N) is 2. The van der Waals surface area contributed by atoms with Crippen molar-refractivity contribution in [1.82, 2.24) is 0 Å². The van der Waals surface area contributed by atoms with Crippen LogP contribution in [-0.2, 0) is 11.3 Å². The van der Waals surface area contributed by atoms with E-state index >= 15 is 0 Å². The molecule has 166 valence electrons. The number of rotatable bonds is 7. The molecule has 0 bridgehead atoms. The van der Waals surface area contributed by atoms with Gasteiger partial charge in [-0.3, -0.25) is 4.79 Å². The van der Waals surface area contributed by atoms with Crippen molar-refractivity contribution >= 4 is 17.3 Å². The number of amides is 1. The Morgan fingerprint density at radius 3 is 2.25 bits per heavy atom. The molecule has 4 rings (SSSR count). The fourth-order valence-electron chi connectivity index (χ4n) is 4.26. The number of ether oxygens (including phenoxy) is 1. The number of aryl methyl sites for hydroxylation is 2. The zero-order chi connectivity index (χ0) is 22.3. The van der Waals surface area contributed by atoms with Crippen molar-refractivity contribution < 1.29 is 14.4 Å². The van der Waals surface area contributed by atoms with E-state index in [4.69, 9.17) is 4.74 Å². The average Bonchev–Trinajstić information content (AvgIpc) is 2.79. The minimum atomic E-state index is -0.157. The van der Waals surface area contributed by atoms with Crippen LogP contribution >= 0.6 is 0 Å². The van der Waals surface area contributed by atoms with Crippen molar-refractivity contribution in [1.29, 1.82) is 0 Å². The smallest absolute Gasteiger partial charge is 0.262 e. The fourth-order valence-corrected chi connectivity index (χ4v) is 4.26. The van der Waals surface area contributed by atoms with E-state index < -0.39 is 0 Å². The minimum Gasteiger partial charge on any atom is -0.484 e. The van der Waals surface area contributed by atoms with E-state index in [2.05, 4.69) is 58.7 Å². The highest BCUT2D eigenvalue weighted by molar-refractivity contribution is 5.92. The molecule has 1 aliphatic rings. The maximum atomic E-state index is 12.3. The molecule has 2 N–H and O–H groups in total. The van der Waals surface area contributed by atoms with Crippen LogP contribution in [0.15, 0.2) is 72.8 Å². The number of quaternary nitrogens is 1. The first-order chi connectivity index (χ1) is 15.5. The topological polar surface area (TPSA) is 46.0 Å². The molecule has 0 aliphatic carbocycles. The quantitative estimate of drug-likeness (QED) is 0.605. The molecule has 1 fully saturated rings. The lowest BCUT2D eigenvalue weighted by Crippen LogP contribution is -3.13. The predicted octanol–water partition coefficient (Wildman–Crippen LogP) is 3.23. The van der Waals surface area contributed by atoms with Gasteiger partial charge in [-0.2, -0.15) is 0 Å². The molecular weight excluding hydrogens is 398 g/mol. The van der Waals surface area contributed by atoms with E-state index in [-0.39, 0.29) is 12.5 Å². The van der Waals surface area contributed by atoms with Crippen LogP contribution in [0.5, 0.6) is 5.75 Å². The number of hydrogen-bond acceptors (Lipinski definition) is 3. The van der Waals surface area contributed by atoms with Gasteiger partial charge in [0, 0.05) is 16.9 Å². The molecule has 32 heavy (non-hydrogen) atoms. The molecule has 3 aromatic rings. The average molecular weight is 431 g/mol. The molecule has 5 nitrogen and oxygen atoms in total. The third-order valence-corrected chi connectivity index (χ3v) is 5.85. The molecule has 0 aromatic heterocycles. The third kappa shape index (κ3) is 6.11. The van der Waals surface area contributed by atoms with Gasteiger partial charge in [0.2, 0.25) is 0 Å². The van der Waals surface area contributed by atoms with Crippen LogP contribution in [0, 0.1) is 13.8 Å². The molecule has 3 aromatic carbocycles. The van der Waals surface area contributed by atoms with Crippen molar-refractivity contribution in [2.24, 2.45) is 0 Å². The number of piperazine rings is 1. The van der Waals surface area contributed by atoms with E-state index in [1.165, 1.54) is 11.3 Å². The second-order valence-electron chi connectivity index (χ2n) is 8.61. The molecule has 5 heteroatoms. The van der Waals surface area contributed by atoms with E-state index in [0.29, 0.717) is 0 Å². The summed E-state index contributed by atoms with van der Waals surface area (Å²) < 4.78 is 5.65. The summed E-state index contributed by atoms with van der Waals surface area (Å²) in [6, 6.07) is 24.8. The standard InChI is InChI=1S/C27H31N3O2/c1-21-16-22(2)18-26(17-21)32-20-27(31)28-24-8-10-25(11-9-24)30-14-12-29(13-15-30)19-23-6-4-3-5-7-23/h3-11,16-18H,12-15,19-20H2,1-2H3,(H,28,31)/p+1. The van der Waals surface area contributed by atoms with Crippen LogP contribution in [0.25, 0.3) is 0 Å². The first kappa shape index (κ1) is 21.9. The Balaban J connectivity index is 1.24. The van der Waals surface area contributed by atoms with Gasteiger partial charge in [-0.1, -0.05) is 36.4 Å². The molecule has 0 spiro atoms. The molecule has 1 saturated heterocycles. The number of carbonyl (C=O) groups is 1. The van der Waals surface area contributed by atoms with Gasteiger partial charge in [0.1, 0.15) is 12.3 Å². The molecule has 1 amide bonds. The number of anilines is 2. The summed E-state index contributed by atoms with van der Waals surface area (Å²) in [6.07, 6.45) is 0. The first-order valence-electron chi connectivity index (χ1n) is 11.3. The van der Waals surface area contributed by atoms with Crippen molar-refractivity contribution in [2.45, 2.75) is 20.4 Å². The monoisotopic (exact) mass is 430 g/mol. The Kier molecular flexibility index (Phi) is 7.07. The highest BCUT2D eigenvalue weighted by Crippen LogP contribution is 2.19. The number of benzene rings is 3. The number of nitrogens with zero attached hydrogens (tertiary/aromatic N) is 1. The maximum absolute atomic E-state index is 12.3. The number of hydrogen-bond donors (Lipinski definition) is 2. The second kappa shape index (κ2) is 10.3. The van der Waals surface area contributed by atoms with Gasteiger partial charge in [0.15, 0.2) is 6.61 Å². The van der Waals surface area contributed by atoms with Gasteiger partial charge in [0.05, 0.1) is 26.2 Å². The van der Waals surface area contributed by atoms with E-state index in [1.54, 1.807) is 4.90 Å². The van der Waals surface area contributed by atoms with E-state index in [1.807, 2.05) is 38.1 Å². The molecule has 0 saturated carbocycles. The van der Waals surface area contributed by atoms with Gasteiger partial charge < -0.3 is 19.9 Å². The molecular formula is C27H32N3O2+. The van der Waals surface area contributed by atoms with Crippen LogP contribution in [0.3, 0.4) is 0 Å². The van der Waals surface area contributed by atoms with Crippen LogP contribution in [0.1, 0.15) is 16.7 Å². The largest absolute Gasteiger partial charge is 0.484 e. The second-order valence-corrected chi connectivity index (χ2v) is 8.61. The molecule has 0 atom stereocenters. The lowest BCUT2D eigenvalue weighted by Gasteiger charge is -2.33. The number of carbonyl (C=O) groups excluding carboxylic acids is 1. The molecule has 1 aliphatic heterocycles. The highest BCUT2D eigenvalue weighted by Gasteiger charge is 2.20. The Morgan fingerprint density at radius 2 is 1.59 bits per heavy atom. The van der Waals surface area contributed by atoms with Crippen molar-refractivity contribution in [3.8, 4) is 5.75 Å². The molecule has 0 unspecified atom stereocenters. The molecule has 0 radical (unpaired) electrons. The zero-order valence-electron chi connectivity index (χ0n) is 18.9. The summed E-state index contributed by atoms with van der Waals surface area (Å²) in [5.74, 6) is 0.566. The van der Waals surface area contributed by atoms with Gasteiger partial charge in [-0.15, -0.1) is 0 Å². The van der Waals surface area contributed by atoms with Gasteiger partial charge in [-0.25, -0.2) is 0 Å². The van der Waals surface area contributed by atoms with E-state index in [0.717, 1.165) is 55.3 Å². The Bertz CT molecular complexity index is 1010. The Labute approximate surface area is 190 Å². The summed E-state index contributed by atoms with van der Waals surface area (Å²) in [5, 5.41) is 2.92. The summed E-state index contributed by atoms with van der Waals surface area (Å²) in [7, 11) is 0. The third-order valence-electron chi connectivity index (χ3n) is 5.85. The predicted molar refractivity (Wildman–Crippen MR) is 130 cm³/mol. The summed E-state index contributed by atoms with van der Waals surface area (Å²) in [5.41, 5.74) is 5.64. The highest BCUT2D eigenvalue weighted by atomic mass is 16.5. The zero-order valence-corrected chi connectivity index (χ0v) is 18.9. The van der Waals surface area contributed by atoms with Crippen LogP contribution < -0.4 is 19.9 Å². The van der Waals surface area contributed by atoms with Crippen LogP contribution in [0.2, 0.25) is 0 Å². The SMILES string of the molecule is Cc1cc(C)cc(OCC(=O)Nc2ccc(N3CC[NH+](Cc4ccccc4)CC3)cc2)c1. The lowest BCUT2D eigenvalue weighted by molar-refractivity contribution is -0.914. The van der Waals surface area contributed by atoms with Gasteiger partial charge in [-0.05, 0) is 61.4 Å². The lowest BCUT2D eigenvalue weighted by atomic mass is 10.1. The van der Waals surface area contributed by atoms with E-state index in [9.17, 15) is 4.79 Å². The van der Waals surface area contributed by atoms with Gasteiger partial charge >= 0.3 is 0 Å². The maximum Gasteiger partial charge on any atom is 0.262 e. The first-order valence-corrected chi connectivity index (χ1v) is 11.3. The fraction of sp³-hybridized carbons (Fsp3) is 0.296. The van der Waals surface area contributed by atoms with Gasteiger partial charge in [0.25, 0.3) is 5.91 Å². The van der Waals surface area contributed by atoms with Crippen LogP contribution in [-0.4, -0.2) is 38.7 Å². The van der Waals surface area contributed by atoms with Crippen molar-refractivity contribution in [2.75, 3.05) is 43.0 Å². The van der Waals surface area contributed by atoms with Crippen molar-refractivity contribution in [3.05, 3.63) is 89.5 Å². The normalized spacial score (nSPS) is 14.2. The molecule has 1 heterocycles. The Morgan fingerprint density at radius 1 is 0.938 bits per heavy atom.